The predicted octanol–water partition coefficient (Wildman–Crippen LogP) is -0.513. The number of nitrogen functional groups attached to an aromatic ring is 1. The van der Waals surface area contributed by atoms with Crippen molar-refractivity contribution in [3.05, 3.63) is 25.3 Å². The number of thioether (sulfide) groups is 1. The molecule has 1 aliphatic heterocycles. The maximum absolute atomic E-state index is 12.6. The number of aliphatic hydroxyl groups excluding tert-OH is 2. The van der Waals surface area contributed by atoms with Crippen LogP contribution in [0.1, 0.15) is 33.4 Å². The summed E-state index contributed by atoms with van der Waals surface area (Å²) in [7, 11) is -16.4. The average Bonchev–Trinajstić information content (AvgIpc) is 3.64. The van der Waals surface area contributed by atoms with E-state index in [2.05, 4.69) is 41.0 Å². The number of imidazole rings is 1. The second-order valence-corrected chi connectivity index (χ2v) is 17.6. The van der Waals surface area contributed by atoms with E-state index in [1.807, 2.05) is 0 Å². The van der Waals surface area contributed by atoms with E-state index in [0.29, 0.717) is 5.75 Å². The van der Waals surface area contributed by atoms with Crippen molar-refractivity contribution >= 4 is 69.1 Å². The van der Waals surface area contributed by atoms with Crippen molar-refractivity contribution < 1.29 is 80.5 Å². The molecule has 8 atom stereocenters. The van der Waals surface area contributed by atoms with Gasteiger partial charge in [-0.25, -0.2) is 28.6 Å². The summed E-state index contributed by atoms with van der Waals surface area (Å²) in [5.74, 6) is -1.48. The second-order valence-electron chi connectivity index (χ2n) is 12.3. The zero-order chi connectivity index (χ0) is 40.6. The average molecular weight is 850 g/mol. The molecule has 24 nitrogen and oxygen atoms in total. The number of aromatic nitrogens is 4. The van der Waals surface area contributed by atoms with Crippen molar-refractivity contribution in [1.29, 1.82) is 0 Å². The Bertz CT molecular complexity index is 1810. The molecule has 2 amide bonds. The number of nitrogens with one attached hydrogen (secondary N) is 2. The molecule has 3 heterocycles. The molecular weight excluding hydrogens is 807 g/mol. The lowest BCUT2D eigenvalue weighted by Gasteiger charge is -2.30. The summed E-state index contributed by atoms with van der Waals surface area (Å²) in [5, 5.41) is 26.2. The minimum absolute atomic E-state index is 0.0292. The molecule has 1 aliphatic rings. The SMILES string of the molecule is C=CC(C)C(=O)SCCNC(=O)CCNC(=O)[C@H](O)C(C)(C)COP(=O)(O)OP(=O)(O)OC[C@H]1O[C@@H](n2cnc3c(N)ncnc32)[C@H](O)[C@@H]1OP(=O)(O)O. The lowest BCUT2D eigenvalue weighted by molar-refractivity contribution is -0.137. The van der Waals surface area contributed by atoms with Gasteiger partial charge in [-0.05, 0) is 0 Å². The number of nitrogens with zero attached hydrogens (tertiary/aromatic N) is 4. The van der Waals surface area contributed by atoms with Crippen LogP contribution in [0.3, 0.4) is 0 Å². The number of hydrogen-bond acceptors (Lipinski definition) is 18. The number of phosphoric acid groups is 3. The molecule has 2 aromatic heterocycles. The first-order chi connectivity index (χ1) is 25.0. The van der Waals surface area contributed by atoms with Gasteiger partial charge in [-0.15, -0.1) is 6.58 Å². The predicted molar refractivity (Wildman–Crippen MR) is 186 cm³/mol. The highest BCUT2D eigenvalue weighted by Crippen LogP contribution is 2.61. The molecule has 2 aromatic rings. The highest BCUT2D eigenvalue weighted by molar-refractivity contribution is 8.13. The Morgan fingerprint density at radius 1 is 1.11 bits per heavy atom. The number of amides is 2. The fourth-order valence-corrected chi connectivity index (χ4v) is 8.10. The molecule has 1 fully saturated rings. The van der Waals surface area contributed by atoms with Crippen LogP contribution in [-0.2, 0) is 50.7 Å². The topological polar surface area (TPSA) is 364 Å². The Labute approximate surface area is 311 Å². The molecule has 0 spiro atoms. The molecule has 0 saturated carbocycles. The Morgan fingerprint density at radius 3 is 2.43 bits per heavy atom. The number of allylic oxidation sites excluding steroid dienone is 1. The van der Waals surface area contributed by atoms with E-state index in [1.165, 1.54) is 19.9 Å². The third kappa shape index (κ3) is 13.2. The monoisotopic (exact) mass is 849 g/mol. The Morgan fingerprint density at radius 2 is 1.78 bits per heavy atom. The summed E-state index contributed by atoms with van der Waals surface area (Å²) in [6, 6.07) is 0. The Hall–Kier alpha value is -2.70. The van der Waals surface area contributed by atoms with E-state index in [0.717, 1.165) is 29.0 Å². The molecular formula is C26H42N7O17P3S. The van der Waals surface area contributed by atoms with Crippen molar-refractivity contribution in [1.82, 2.24) is 30.2 Å². The van der Waals surface area contributed by atoms with Gasteiger partial charge >= 0.3 is 23.5 Å². The molecule has 1 saturated heterocycles. The number of carbonyl (C=O) groups excluding carboxylic acids is 3. The summed E-state index contributed by atoms with van der Waals surface area (Å²) >= 11 is 1.03. The largest absolute Gasteiger partial charge is 0.481 e. The van der Waals surface area contributed by atoms with Crippen LogP contribution < -0.4 is 16.4 Å². The highest BCUT2D eigenvalue weighted by atomic mass is 32.2. The van der Waals surface area contributed by atoms with Gasteiger partial charge in [-0.3, -0.25) is 32.5 Å². The second kappa shape index (κ2) is 19.0. The van der Waals surface area contributed by atoms with E-state index < -0.39 is 84.6 Å². The standard InChI is InChI=1S/C26H42N7O17P3S/c1-5-14(2)25(38)54-9-8-28-16(34)6-7-29-23(37)20(36)26(3,4)11-47-53(44,45)50-52(42,43)46-10-15-19(49-51(39,40)41)18(35)24(48-15)33-13-32-17-21(27)30-12-31-22(17)33/h5,12-15,18-20,24,35-36H,1,6-11H2,2-4H3,(H,28,34)(H,29,37)(H,42,43)(H,44,45)(H2,27,30,31)(H2,39,40,41)/t14?,15-,18-,19-,20+,24-/m1/s1. The molecule has 3 rings (SSSR count). The summed E-state index contributed by atoms with van der Waals surface area (Å²) in [6.45, 7) is 5.69. The van der Waals surface area contributed by atoms with Crippen LogP contribution in [0.25, 0.3) is 11.2 Å². The van der Waals surface area contributed by atoms with Gasteiger partial charge < -0.3 is 50.9 Å². The van der Waals surface area contributed by atoms with Crippen LogP contribution >= 0.6 is 35.2 Å². The van der Waals surface area contributed by atoms with Crippen molar-refractivity contribution in [2.24, 2.45) is 11.3 Å². The summed E-state index contributed by atoms with van der Waals surface area (Å²) in [5.41, 5.74) is 4.25. The third-order valence-electron chi connectivity index (χ3n) is 7.47. The molecule has 28 heteroatoms. The van der Waals surface area contributed by atoms with Gasteiger partial charge in [0.05, 0.1) is 19.5 Å². The molecule has 0 bridgehead atoms. The molecule has 0 radical (unpaired) electrons. The van der Waals surface area contributed by atoms with E-state index in [1.54, 1.807) is 6.92 Å². The number of phosphoric ester groups is 3. The smallest absolute Gasteiger partial charge is 0.386 e. The van der Waals surface area contributed by atoms with Gasteiger partial charge in [0.1, 0.15) is 36.3 Å². The minimum atomic E-state index is -5.57. The van der Waals surface area contributed by atoms with Gasteiger partial charge in [0.2, 0.25) is 11.8 Å². The number of rotatable bonds is 21. The first kappa shape index (κ1) is 45.7. The molecule has 304 valence electrons. The minimum Gasteiger partial charge on any atom is -0.386 e. The maximum atomic E-state index is 12.6. The molecule has 54 heavy (non-hydrogen) atoms. The summed E-state index contributed by atoms with van der Waals surface area (Å²) in [6.07, 6.45) is -5.42. The molecule has 3 unspecified atom stereocenters. The third-order valence-corrected chi connectivity index (χ3v) is 11.6. The number of anilines is 1. The lowest BCUT2D eigenvalue weighted by atomic mass is 9.87. The fraction of sp³-hybridized carbons (Fsp3) is 0.615. The van der Waals surface area contributed by atoms with Crippen LogP contribution in [0.5, 0.6) is 0 Å². The van der Waals surface area contributed by atoms with Crippen LogP contribution in [0.4, 0.5) is 5.82 Å². The molecule has 10 N–H and O–H groups in total. The maximum Gasteiger partial charge on any atom is 0.481 e. The summed E-state index contributed by atoms with van der Waals surface area (Å²) in [4.78, 5) is 87.2. The fourth-order valence-electron chi connectivity index (χ4n) is 4.51. The lowest BCUT2D eigenvalue weighted by Crippen LogP contribution is -2.46. The number of carbonyl (C=O) groups is 3. The van der Waals surface area contributed by atoms with Crippen molar-refractivity contribution in [2.45, 2.75) is 57.8 Å². The van der Waals surface area contributed by atoms with Gasteiger partial charge in [0.25, 0.3) is 0 Å². The Kier molecular flexibility index (Phi) is 16.0. The molecule has 0 aliphatic carbocycles. The molecule has 0 aromatic carbocycles. The number of hydrogen-bond donors (Lipinski definition) is 9. The first-order valence-electron chi connectivity index (χ1n) is 15.6. The van der Waals surface area contributed by atoms with Crippen LogP contribution in [0.15, 0.2) is 25.3 Å². The van der Waals surface area contributed by atoms with E-state index in [9.17, 15) is 57.9 Å². The zero-order valence-corrected chi connectivity index (χ0v) is 32.4. The first-order valence-corrected chi connectivity index (χ1v) is 21.2. The van der Waals surface area contributed by atoms with Crippen LogP contribution in [0.2, 0.25) is 0 Å². The van der Waals surface area contributed by atoms with Gasteiger partial charge in [0.15, 0.2) is 22.8 Å². The van der Waals surface area contributed by atoms with Crippen LogP contribution in [-0.4, -0.2) is 123 Å². The quantitative estimate of drug-likeness (QED) is 0.0434. The van der Waals surface area contributed by atoms with Crippen molar-refractivity contribution in [2.75, 3.05) is 37.8 Å². The van der Waals surface area contributed by atoms with Crippen LogP contribution in [0, 0.1) is 11.3 Å². The van der Waals surface area contributed by atoms with Crippen molar-refractivity contribution in [3.8, 4) is 0 Å². The number of ether oxygens (including phenoxy) is 1. The normalized spacial score (nSPS) is 22.5. The van der Waals surface area contributed by atoms with E-state index in [4.69, 9.17) is 19.5 Å². The van der Waals surface area contributed by atoms with E-state index >= 15 is 0 Å². The number of nitrogens with two attached hydrogens (primary N) is 1. The Balaban J connectivity index is 1.51. The van der Waals surface area contributed by atoms with Gasteiger partial charge in [-0.2, -0.15) is 4.31 Å². The zero-order valence-electron chi connectivity index (χ0n) is 28.9. The van der Waals surface area contributed by atoms with Crippen molar-refractivity contribution in [3.63, 3.8) is 0 Å². The van der Waals surface area contributed by atoms with Gasteiger partial charge in [-0.1, -0.05) is 38.6 Å². The van der Waals surface area contributed by atoms with E-state index in [-0.39, 0.29) is 47.5 Å². The highest BCUT2D eigenvalue weighted by Gasteiger charge is 2.50. The number of aliphatic hydroxyl groups is 2. The summed E-state index contributed by atoms with van der Waals surface area (Å²) < 4.78 is 62.0. The number of fused-ring (bicyclic) bond motifs is 1. The van der Waals surface area contributed by atoms with Gasteiger partial charge in [0, 0.05) is 36.6 Å².